The molecule has 0 radical (unpaired) electrons. The number of hydrogen-bond donors (Lipinski definition) is 11. The lowest BCUT2D eigenvalue weighted by molar-refractivity contribution is -0.180. The Labute approximate surface area is 244 Å². The van der Waals surface area contributed by atoms with Crippen LogP contribution in [0.15, 0.2) is 36.4 Å². The number of carbonyl (C=O) groups is 3. The molecule has 0 aromatic heterocycles. The molecule has 17 heteroatoms. The fraction of sp³-hybridized carbons (Fsp3) is 0.222. The normalized spacial score (nSPS) is 21.3. The summed E-state index contributed by atoms with van der Waals surface area (Å²) in [6.45, 7) is 0. The highest BCUT2D eigenvalue weighted by Crippen LogP contribution is 2.39. The van der Waals surface area contributed by atoms with Crippen molar-refractivity contribution in [2.45, 2.75) is 36.9 Å². The van der Waals surface area contributed by atoms with Gasteiger partial charge >= 0.3 is 17.9 Å². The number of ether oxygens (including phenoxy) is 3. The number of carbonyl (C=O) groups excluding carboxylic acids is 3. The van der Waals surface area contributed by atoms with E-state index in [1.807, 2.05) is 0 Å². The predicted molar refractivity (Wildman–Crippen MR) is 139 cm³/mol. The molecule has 17 nitrogen and oxygen atoms in total. The summed E-state index contributed by atoms with van der Waals surface area (Å²) in [5.74, 6) is -12.4. The topological polar surface area (TPSA) is 301 Å². The Bertz CT molecular complexity index is 1560. The van der Waals surface area contributed by atoms with Crippen molar-refractivity contribution in [1.82, 2.24) is 0 Å². The van der Waals surface area contributed by atoms with E-state index in [2.05, 4.69) is 0 Å². The third kappa shape index (κ3) is 6.03. The summed E-state index contributed by atoms with van der Waals surface area (Å²) in [6, 6.07) is 4.20. The maximum absolute atomic E-state index is 12.9. The van der Waals surface area contributed by atoms with Crippen LogP contribution in [0.5, 0.6) is 51.7 Å². The zero-order valence-corrected chi connectivity index (χ0v) is 21.9. The first-order chi connectivity index (χ1) is 20.6. The molecule has 0 spiro atoms. The summed E-state index contributed by atoms with van der Waals surface area (Å²) >= 11 is 0. The van der Waals surface area contributed by atoms with Gasteiger partial charge in [0, 0.05) is 6.42 Å². The Hall–Kier alpha value is -5.81. The van der Waals surface area contributed by atoms with Gasteiger partial charge in [0.1, 0.15) is 12.2 Å². The maximum Gasteiger partial charge on any atom is 0.338 e. The molecular formula is C27H24O17. The van der Waals surface area contributed by atoms with Gasteiger partial charge in [0.05, 0.1) is 22.8 Å². The second-order valence-electron chi connectivity index (χ2n) is 9.57. The fourth-order valence-corrected chi connectivity index (χ4v) is 4.30. The highest BCUT2D eigenvalue weighted by Gasteiger charge is 2.50. The molecule has 234 valence electrons. The van der Waals surface area contributed by atoms with Crippen molar-refractivity contribution in [1.29, 1.82) is 0 Å². The van der Waals surface area contributed by atoms with E-state index in [1.165, 1.54) is 0 Å². The molecule has 4 rings (SSSR count). The van der Waals surface area contributed by atoms with Crippen LogP contribution in [0.2, 0.25) is 0 Å². The van der Waals surface area contributed by atoms with Crippen molar-refractivity contribution in [2.75, 3.05) is 0 Å². The largest absolute Gasteiger partial charge is 0.504 e. The first-order valence-corrected chi connectivity index (χ1v) is 12.3. The number of benzene rings is 3. The number of esters is 3. The molecule has 0 aliphatic heterocycles. The first kappa shape index (κ1) is 31.1. The predicted octanol–water partition coefficient (Wildman–Crippen LogP) is 0.139. The van der Waals surface area contributed by atoms with Crippen molar-refractivity contribution in [3.05, 3.63) is 53.1 Å². The zero-order valence-electron chi connectivity index (χ0n) is 21.9. The lowest BCUT2D eigenvalue weighted by Gasteiger charge is -2.41. The summed E-state index contributed by atoms with van der Waals surface area (Å²) in [5, 5.41) is 109. The first-order valence-electron chi connectivity index (χ1n) is 12.3. The van der Waals surface area contributed by atoms with E-state index >= 15 is 0 Å². The van der Waals surface area contributed by atoms with Crippen LogP contribution in [-0.4, -0.2) is 105 Å². The molecule has 1 aliphatic carbocycles. The maximum atomic E-state index is 12.9. The number of phenolic OH excluding ortho intramolecular Hbond substituents is 9. The van der Waals surface area contributed by atoms with Crippen LogP contribution in [0.25, 0.3) is 0 Å². The van der Waals surface area contributed by atoms with Crippen molar-refractivity contribution in [3.63, 3.8) is 0 Å². The van der Waals surface area contributed by atoms with Gasteiger partial charge in [-0.25, -0.2) is 14.4 Å². The van der Waals surface area contributed by atoms with Crippen LogP contribution in [0.4, 0.5) is 0 Å². The fourth-order valence-electron chi connectivity index (χ4n) is 4.30. The molecule has 1 fully saturated rings. The van der Waals surface area contributed by atoms with Crippen molar-refractivity contribution >= 4 is 17.9 Å². The van der Waals surface area contributed by atoms with Gasteiger partial charge in [-0.2, -0.15) is 0 Å². The summed E-state index contributed by atoms with van der Waals surface area (Å²) in [7, 11) is 0. The zero-order chi connectivity index (χ0) is 32.6. The Morgan fingerprint density at radius 1 is 0.500 bits per heavy atom. The van der Waals surface area contributed by atoms with Crippen LogP contribution in [-0.2, 0) is 14.2 Å². The van der Waals surface area contributed by atoms with Crippen molar-refractivity contribution in [2.24, 2.45) is 0 Å². The second-order valence-corrected chi connectivity index (χ2v) is 9.57. The van der Waals surface area contributed by atoms with Gasteiger partial charge in [0.25, 0.3) is 0 Å². The van der Waals surface area contributed by atoms with Gasteiger partial charge < -0.3 is 70.4 Å². The van der Waals surface area contributed by atoms with Crippen LogP contribution in [0.1, 0.15) is 37.5 Å². The minimum absolute atomic E-state index is 0.527. The van der Waals surface area contributed by atoms with Gasteiger partial charge in [-0.15, -0.1) is 0 Å². The van der Waals surface area contributed by atoms with Gasteiger partial charge in [-0.3, -0.25) is 0 Å². The second kappa shape index (κ2) is 11.8. The van der Waals surface area contributed by atoms with Crippen LogP contribution in [0, 0.1) is 0 Å². The number of aliphatic hydroxyl groups is 2. The average Bonchev–Trinajstić information content (AvgIpc) is 2.96. The van der Waals surface area contributed by atoms with Gasteiger partial charge in [-0.05, 0) is 36.4 Å². The summed E-state index contributed by atoms with van der Waals surface area (Å²) < 4.78 is 15.6. The summed E-state index contributed by atoms with van der Waals surface area (Å²) in [5.41, 5.74) is -1.64. The number of aliphatic hydroxyl groups excluding tert-OH is 2. The quantitative estimate of drug-likeness (QED) is 0.0991. The minimum atomic E-state index is -2.18. The van der Waals surface area contributed by atoms with Gasteiger partial charge in [0.15, 0.2) is 64.0 Å². The monoisotopic (exact) mass is 620 g/mol. The summed E-state index contributed by atoms with van der Waals surface area (Å²) in [6.07, 6.45) is -10.3. The van der Waals surface area contributed by atoms with Crippen LogP contribution < -0.4 is 0 Å². The standard InChI is InChI=1S/C27H24O17/c28-11-1-8(2-12(29)19(11)35)25(39)42-18-7-17(34)23(43-26(40)9-3-13(30)20(36)14(31)4-9)22(38)24(18)44-27(41)10-5-15(32)21(37)16(33)6-10/h1-6,17-18,22-24,28-38H,7H2. The Balaban J connectivity index is 1.64. The number of rotatable bonds is 6. The Morgan fingerprint density at radius 3 is 1.14 bits per heavy atom. The molecule has 44 heavy (non-hydrogen) atoms. The highest BCUT2D eigenvalue weighted by atomic mass is 16.6. The lowest BCUT2D eigenvalue weighted by atomic mass is 9.86. The molecule has 0 saturated heterocycles. The smallest absolute Gasteiger partial charge is 0.338 e. The minimum Gasteiger partial charge on any atom is -0.504 e. The molecular weight excluding hydrogens is 596 g/mol. The van der Waals surface area contributed by atoms with E-state index in [0.717, 1.165) is 0 Å². The molecule has 0 heterocycles. The Morgan fingerprint density at radius 2 is 0.795 bits per heavy atom. The molecule has 0 amide bonds. The van der Waals surface area contributed by atoms with Crippen LogP contribution in [0.3, 0.4) is 0 Å². The summed E-state index contributed by atoms with van der Waals surface area (Å²) in [4.78, 5) is 38.5. The van der Waals surface area contributed by atoms with E-state index in [4.69, 9.17) is 14.2 Å². The van der Waals surface area contributed by atoms with Crippen molar-refractivity contribution < 1.29 is 84.8 Å². The van der Waals surface area contributed by atoms with E-state index < -0.39 is 123 Å². The van der Waals surface area contributed by atoms with E-state index in [0.29, 0.717) is 36.4 Å². The molecule has 5 unspecified atom stereocenters. The molecule has 11 N–H and O–H groups in total. The van der Waals surface area contributed by atoms with E-state index in [-0.39, 0.29) is 0 Å². The van der Waals surface area contributed by atoms with Crippen LogP contribution >= 0.6 is 0 Å². The third-order valence-electron chi connectivity index (χ3n) is 6.55. The number of phenols is 9. The highest BCUT2D eigenvalue weighted by molar-refractivity contribution is 5.93. The van der Waals surface area contributed by atoms with E-state index in [9.17, 15) is 70.6 Å². The lowest BCUT2D eigenvalue weighted by Crippen LogP contribution is -2.59. The molecule has 5 atom stereocenters. The number of hydrogen-bond acceptors (Lipinski definition) is 17. The van der Waals surface area contributed by atoms with Gasteiger partial charge in [-0.1, -0.05) is 0 Å². The van der Waals surface area contributed by atoms with Gasteiger partial charge in [0.2, 0.25) is 0 Å². The van der Waals surface area contributed by atoms with E-state index in [1.54, 1.807) is 0 Å². The van der Waals surface area contributed by atoms with Crippen molar-refractivity contribution in [3.8, 4) is 51.7 Å². The molecule has 1 aliphatic rings. The number of aromatic hydroxyl groups is 9. The molecule has 3 aromatic carbocycles. The average molecular weight is 620 g/mol. The third-order valence-corrected chi connectivity index (χ3v) is 6.55. The molecule has 3 aromatic rings. The molecule has 0 bridgehead atoms. The SMILES string of the molecule is O=C(OC1CC(O)C(OC(=O)c2cc(O)c(O)c(O)c2)C(O)C1OC(=O)c1cc(O)c(O)c(O)c1)c1cc(O)c(O)c(O)c1. The molecule has 1 saturated carbocycles. The Kier molecular flexibility index (Phi) is 8.36.